The highest BCUT2D eigenvalue weighted by Crippen LogP contribution is 2.34. The second-order valence-corrected chi connectivity index (χ2v) is 7.11. The van der Waals surface area contributed by atoms with Crippen LogP contribution in [0.15, 0.2) is 24.3 Å². The van der Waals surface area contributed by atoms with Crippen LogP contribution in [0, 0.1) is 12.3 Å². The summed E-state index contributed by atoms with van der Waals surface area (Å²) in [6.07, 6.45) is 6.52. The molecule has 0 unspecified atom stereocenters. The van der Waals surface area contributed by atoms with Gasteiger partial charge in [0.25, 0.3) is 5.91 Å². The Bertz CT molecular complexity index is 721. The second kappa shape index (κ2) is 6.17. The summed E-state index contributed by atoms with van der Waals surface area (Å²) in [5, 5.41) is 2.97. The molecule has 3 aliphatic rings. The molecule has 1 aromatic rings. The Hall–Kier alpha value is -2.36. The van der Waals surface area contributed by atoms with Crippen molar-refractivity contribution in [3.63, 3.8) is 0 Å². The molecule has 2 fully saturated rings. The van der Waals surface area contributed by atoms with Crippen molar-refractivity contribution in [3.8, 4) is 12.3 Å². The lowest BCUT2D eigenvalue weighted by molar-refractivity contribution is -0.132. The van der Waals surface area contributed by atoms with Crippen molar-refractivity contribution in [2.24, 2.45) is 0 Å². The fourth-order valence-corrected chi connectivity index (χ4v) is 4.08. The minimum atomic E-state index is -0.786. The Labute approximate surface area is 147 Å². The van der Waals surface area contributed by atoms with Crippen LogP contribution in [0.4, 0.5) is 4.79 Å². The van der Waals surface area contributed by atoms with Crippen LogP contribution in [0.5, 0.6) is 0 Å². The zero-order valence-corrected chi connectivity index (χ0v) is 14.2. The van der Waals surface area contributed by atoms with Crippen molar-refractivity contribution in [2.45, 2.75) is 18.4 Å². The lowest BCUT2D eigenvalue weighted by atomic mass is 9.96. The summed E-state index contributed by atoms with van der Waals surface area (Å²) in [5.74, 6) is 2.56. The third-order valence-electron chi connectivity index (χ3n) is 5.47. The van der Waals surface area contributed by atoms with Crippen LogP contribution in [0.2, 0.25) is 0 Å². The molecule has 2 heterocycles. The third-order valence-corrected chi connectivity index (χ3v) is 5.47. The number of benzene rings is 1. The molecule has 0 aromatic heterocycles. The molecule has 1 aromatic carbocycles. The number of nitrogens with zero attached hydrogens (tertiary/aromatic N) is 3. The summed E-state index contributed by atoms with van der Waals surface area (Å²) in [5.41, 5.74) is 1.52. The van der Waals surface area contributed by atoms with Gasteiger partial charge in [-0.3, -0.25) is 14.6 Å². The van der Waals surface area contributed by atoms with E-state index in [1.54, 1.807) is 0 Å². The van der Waals surface area contributed by atoms with E-state index in [4.69, 9.17) is 6.42 Å². The van der Waals surface area contributed by atoms with E-state index in [0.717, 1.165) is 37.3 Å². The first-order valence-electron chi connectivity index (χ1n) is 8.70. The van der Waals surface area contributed by atoms with Crippen LogP contribution in [-0.4, -0.2) is 71.6 Å². The standard InChI is InChI=1S/C19H22N4O2/c1-2-7-21-8-10-22(11-9-21)14-23-17(24)19(20-18(23)25)12-15-5-3-4-6-16(15)13-19/h1,3-6H,7-14H2,(H,20,25). The number of urea groups is 1. The topological polar surface area (TPSA) is 55.9 Å². The summed E-state index contributed by atoms with van der Waals surface area (Å²) in [6.45, 7) is 4.36. The van der Waals surface area contributed by atoms with Crippen molar-refractivity contribution in [3.05, 3.63) is 35.4 Å². The van der Waals surface area contributed by atoms with Gasteiger partial charge >= 0.3 is 6.03 Å². The highest BCUT2D eigenvalue weighted by atomic mass is 16.2. The summed E-state index contributed by atoms with van der Waals surface area (Å²) < 4.78 is 0. The Balaban J connectivity index is 1.42. The maximum Gasteiger partial charge on any atom is 0.326 e. The number of rotatable bonds is 3. The van der Waals surface area contributed by atoms with E-state index in [2.05, 4.69) is 21.0 Å². The van der Waals surface area contributed by atoms with Crippen LogP contribution in [0.25, 0.3) is 0 Å². The highest BCUT2D eigenvalue weighted by molar-refractivity contribution is 6.07. The molecule has 2 aliphatic heterocycles. The van der Waals surface area contributed by atoms with E-state index in [9.17, 15) is 9.59 Å². The van der Waals surface area contributed by atoms with Gasteiger partial charge in [0, 0.05) is 39.0 Å². The molecule has 4 rings (SSSR count). The molecule has 0 bridgehead atoms. The second-order valence-electron chi connectivity index (χ2n) is 7.11. The molecule has 0 radical (unpaired) electrons. The van der Waals surface area contributed by atoms with Gasteiger partial charge in [-0.05, 0) is 11.1 Å². The van der Waals surface area contributed by atoms with Gasteiger partial charge in [0.2, 0.25) is 0 Å². The van der Waals surface area contributed by atoms with E-state index in [0.29, 0.717) is 26.1 Å². The Morgan fingerprint density at radius 3 is 2.24 bits per heavy atom. The average molecular weight is 338 g/mol. The number of terminal acetylenes is 1. The third kappa shape index (κ3) is 2.80. The average Bonchev–Trinajstić information content (AvgIpc) is 3.09. The monoisotopic (exact) mass is 338 g/mol. The number of imide groups is 1. The van der Waals surface area contributed by atoms with Crippen molar-refractivity contribution in [1.82, 2.24) is 20.0 Å². The smallest absolute Gasteiger partial charge is 0.322 e. The number of nitrogens with one attached hydrogen (secondary N) is 1. The van der Waals surface area contributed by atoms with Gasteiger partial charge in [-0.2, -0.15) is 0 Å². The van der Waals surface area contributed by atoms with E-state index in [1.165, 1.54) is 4.90 Å². The van der Waals surface area contributed by atoms with Crippen LogP contribution in [-0.2, 0) is 17.6 Å². The van der Waals surface area contributed by atoms with Gasteiger partial charge in [-0.15, -0.1) is 6.42 Å². The van der Waals surface area contributed by atoms with Gasteiger partial charge < -0.3 is 5.32 Å². The largest absolute Gasteiger partial charge is 0.326 e. The molecule has 0 saturated carbocycles. The minimum Gasteiger partial charge on any atom is -0.322 e. The first kappa shape index (κ1) is 16.1. The van der Waals surface area contributed by atoms with Gasteiger partial charge in [-0.25, -0.2) is 9.69 Å². The first-order valence-corrected chi connectivity index (χ1v) is 8.70. The molecule has 3 amide bonds. The fourth-order valence-electron chi connectivity index (χ4n) is 4.08. The molecule has 0 atom stereocenters. The predicted octanol–water partition coefficient (Wildman–Crippen LogP) is 0.284. The summed E-state index contributed by atoms with van der Waals surface area (Å²) in [7, 11) is 0. The lowest BCUT2D eigenvalue weighted by Gasteiger charge is -2.35. The Morgan fingerprint density at radius 1 is 1.04 bits per heavy atom. The van der Waals surface area contributed by atoms with Gasteiger partial charge in [0.15, 0.2) is 0 Å². The highest BCUT2D eigenvalue weighted by Gasteiger charge is 2.54. The maximum atomic E-state index is 13.0. The predicted molar refractivity (Wildman–Crippen MR) is 93.7 cm³/mol. The molecule has 2 saturated heterocycles. The number of carbonyl (C=O) groups excluding carboxylic acids is 2. The SMILES string of the molecule is C#CCN1CCN(CN2C(=O)NC3(Cc4ccccc4C3)C2=O)CC1. The van der Waals surface area contributed by atoms with E-state index in [1.807, 2.05) is 24.3 Å². The molecule has 130 valence electrons. The van der Waals surface area contributed by atoms with Crippen LogP contribution in [0.1, 0.15) is 11.1 Å². The molecule has 1 N–H and O–H groups in total. The van der Waals surface area contributed by atoms with Gasteiger partial charge in [0.1, 0.15) is 5.54 Å². The van der Waals surface area contributed by atoms with Crippen LogP contribution in [0.3, 0.4) is 0 Å². The fraction of sp³-hybridized carbons (Fsp3) is 0.474. The number of hydrogen-bond acceptors (Lipinski definition) is 4. The Kier molecular flexibility index (Phi) is 3.98. The first-order chi connectivity index (χ1) is 12.1. The van der Waals surface area contributed by atoms with E-state index in [-0.39, 0.29) is 11.9 Å². The summed E-state index contributed by atoms with van der Waals surface area (Å²) in [4.78, 5) is 31.2. The molecule has 25 heavy (non-hydrogen) atoms. The van der Waals surface area contributed by atoms with Crippen molar-refractivity contribution in [1.29, 1.82) is 0 Å². The quantitative estimate of drug-likeness (QED) is 0.636. The zero-order chi connectivity index (χ0) is 17.4. The summed E-state index contributed by atoms with van der Waals surface area (Å²) >= 11 is 0. The molecule has 6 nitrogen and oxygen atoms in total. The van der Waals surface area contributed by atoms with Gasteiger partial charge in [-0.1, -0.05) is 30.2 Å². The number of hydrogen-bond donors (Lipinski definition) is 1. The minimum absolute atomic E-state index is 0.0974. The lowest BCUT2D eigenvalue weighted by Crippen LogP contribution is -2.52. The normalized spacial score (nSPS) is 22.9. The van der Waals surface area contributed by atoms with E-state index >= 15 is 0 Å². The van der Waals surface area contributed by atoms with E-state index < -0.39 is 5.54 Å². The van der Waals surface area contributed by atoms with Crippen molar-refractivity contribution >= 4 is 11.9 Å². The van der Waals surface area contributed by atoms with Crippen molar-refractivity contribution < 1.29 is 9.59 Å². The van der Waals surface area contributed by atoms with Crippen molar-refractivity contribution in [2.75, 3.05) is 39.4 Å². The Morgan fingerprint density at radius 2 is 1.64 bits per heavy atom. The molecule has 6 heteroatoms. The number of carbonyl (C=O) groups is 2. The maximum absolute atomic E-state index is 13.0. The van der Waals surface area contributed by atoms with Crippen LogP contribution < -0.4 is 5.32 Å². The van der Waals surface area contributed by atoms with Crippen LogP contribution >= 0.6 is 0 Å². The molecule has 1 spiro atoms. The van der Waals surface area contributed by atoms with Gasteiger partial charge in [0.05, 0.1) is 13.2 Å². The zero-order valence-electron chi connectivity index (χ0n) is 14.2. The molecular formula is C19H22N4O2. The summed E-state index contributed by atoms with van der Waals surface area (Å²) in [6, 6.07) is 7.76. The number of piperazine rings is 1. The molecular weight excluding hydrogens is 316 g/mol. The number of fused-ring (bicyclic) bond motifs is 1. The number of amides is 3. The molecule has 1 aliphatic carbocycles.